The molecule has 1 N–H and O–H groups in total. The molecule has 4 nitrogen and oxygen atoms in total. The zero-order valence-electron chi connectivity index (χ0n) is 13.1. The number of aromatic nitrogens is 2. The predicted molar refractivity (Wildman–Crippen MR) is 84.3 cm³/mol. The summed E-state index contributed by atoms with van der Waals surface area (Å²) in [7, 11) is 0. The van der Waals surface area contributed by atoms with Crippen LogP contribution in [0.2, 0.25) is 0 Å². The number of rotatable bonds is 5. The number of nitrogens with zero attached hydrogens (tertiary/aromatic N) is 2. The first-order valence-electron chi connectivity index (χ1n) is 7.35. The van der Waals surface area contributed by atoms with Gasteiger partial charge in [0.2, 0.25) is 0 Å². The van der Waals surface area contributed by atoms with Crippen molar-refractivity contribution in [1.82, 2.24) is 14.9 Å². The second-order valence-electron chi connectivity index (χ2n) is 5.81. The average molecular weight is 285 g/mol. The fourth-order valence-corrected chi connectivity index (χ4v) is 1.99. The summed E-state index contributed by atoms with van der Waals surface area (Å²) in [6, 6.07) is 7.92. The van der Waals surface area contributed by atoms with E-state index in [0.29, 0.717) is 11.5 Å². The van der Waals surface area contributed by atoms with Gasteiger partial charge in [0.25, 0.3) is 5.91 Å². The molecular formula is C17H23N3O. The topological polar surface area (TPSA) is 46.9 Å². The molecule has 2 aromatic rings. The van der Waals surface area contributed by atoms with Crippen LogP contribution in [0.15, 0.2) is 36.7 Å². The summed E-state index contributed by atoms with van der Waals surface area (Å²) in [6.45, 7) is 8.98. The number of carbonyl (C=O) groups excluding carboxylic acids is 1. The average Bonchev–Trinajstić information content (AvgIpc) is 2.85. The number of amides is 1. The van der Waals surface area contributed by atoms with E-state index in [9.17, 15) is 4.79 Å². The van der Waals surface area contributed by atoms with Gasteiger partial charge in [-0.25, -0.2) is 4.98 Å². The molecule has 1 heterocycles. The lowest BCUT2D eigenvalue weighted by molar-refractivity contribution is 0.0930. The van der Waals surface area contributed by atoms with Crippen molar-refractivity contribution in [2.45, 2.75) is 40.3 Å². The van der Waals surface area contributed by atoms with Gasteiger partial charge in [-0.05, 0) is 37.5 Å². The van der Waals surface area contributed by atoms with Crippen LogP contribution in [0.3, 0.4) is 0 Å². The highest BCUT2D eigenvalue weighted by Crippen LogP contribution is 2.09. The van der Waals surface area contributed by atoms with Crippen LogP contribution >= 0.6 is 0 Å². The molecule has 0 saturated carbocycles. The van der Waals surface area contributed by atoms with E-state index in [1.165, 1.54) is 0 Å². The predicted octanol–water partition coefficient (Wildman–Crippen LogP) is 3.01. The Balaban J connectivity index is 2.02. The maximum Gasteiger partial charge on any atom is 0.251 e. The quantitative estimate of drug-likeness (QED) is 0.918. The van der Waals surface area contributed by atoms with E-state index in [2.05, 4.69) is 28.7 Å². The number of hydrogen-bond donors (Lipinski definition) is 1. The monoisotopic (exact) mass is 285 g/mol. The second-order valence-corrected chi connectivity index (χ2v) is 5.81. The van der Waals surface area contributed by atoms with Crippen molar-refractivity contribution >= 4 is 5.91 Å². The van der Waals surface area contributed by atoms with Gasteiger partial charge in [0.05, 0.1) is 0 Å². The number of carbonyl (C=O) groups is 1. The Morgan fingerprint density at radius 2 is 1.90 bits per heavy atom. The lowest BCUT2D eigenvalue weighted by atomic mass is 10.1. The summed E-state index contributed by atoms with van der Waals surface area (Å²) >= 11 is 0. The molecule has 0 spiro atoms. The molecule has 1 amide bonds. The normalized spacial score (nSPS) is 12.4. The lowest BCUT2D eigenvalue weighted by Gasteiger charge is -2.17. The molecule has 0 radical (unpaired) electrons. The van der Waals surface area contributed by atoms with E-state index < -0.39 is 0 Å². The second kappa shape index (κ2) is 6.57. The molecule has 0 saturated heterocycles. The molecule has 0 aliphatic carbocycles. The third kappa shape index (κ3) is 3.94. The van der Waals surface area contributed by atoms with E-state index in [4.69, 9.17) is 0 Å². The van der Waals surface area contributed by atoms with Gasteiger partial charge in [0.1, 0.15) is 5.82 Å². The third-order valence-corrected chi connectivity index (χ3v) is 3.85. The molecular weight excluding hydrogens is 262 g/mol. The van der Waals surface area contributed by atoms with Crippen LogP contribution < -0.4 is 5.32 Å². The van der Waals surface area contributed by atoms with E-state index >= 15 is 0 Å². The minimum atomic E-state index is -0.0124. The standard InChI is InChI=1S/C17H23N3O/c1-12(2)13(3)19-17(21)16-7-5-15(6-8-16)11-20-10-9-18-14(20)4/h5-10,12-13H,11H2,1-4H3,(H,19,21). The Labute approximate surface area is 126 Å². The maximum absolute atomic E-state index is 12.1. The Hall–Kier alpha value is -2.10. The third-order valence-electron chi connectivity index (χ3n) is 3.85. The van der Waals surface area contributed by atoms with Gasteiger partial charge in [-0.3, -0.25) is 4.79 Å². The summed E-state index contributed by atoms with van der Waals surface area (Å²) in [6.07, 6.45) is 3.75. The summed E-state index contributed by atoms with van der Waals surface area (Å²) in [5.41, 5.74) is 1.86. The number of benzene rings is 1. The van der Waals surface area contributed by atoms with E-state index in [1.807, 2.05) is 44.3 Å². The van der Waals surface area contributed by atoms with Crippen molar-refractivity contribution in [3.8, 4) is 0 Å². The highest BCUT2D eigenvalue weighted by molar-refractivity contribution is 5.94. The van der Waals surface area contributed by atoms with Crippen molar-refractivity contribution in [3.63, 3.8) is 0 Å². The van der Waals surface area contributed by atoms with Crippen molar-refractivity contribution in [2.75, 3.05) is 0 Å². The molecule has 0 bridgehead atoms. The maximum atomic E-state index is 12.1. The highest BCUT2D eigenvalue weighted by atomic mass is 16.1. The van der Waals surface area contributed by atoms with Crippen LogP contribution in [0, 0.1) is 12.8 Å². The van der Waals surface area contributed by atoms with Crippen molar-refractivity contribution in [3.05, 3.63) is 53.6 Å². The van der Waals surface area contributed by atoms with Crippen molar-refractivity contribution < 1.29 is 4.79 Å². The molecule has 112 valence electrons. The van der Waals surface area contributed by atoms with Gasteiger partial charge in [0, 0.05) is 30.5 Å². The molecule has 21 heavy (non-hydrogen) atoms. The van der Waals surface area contributed by atoms with Crippen LogP contribution in [0.25, 0.3) is 0 Å². The van der Waals surface area contributed by atoms with Gasteiger partial charge >= 0.3 is 0 Å². The minimum absolute atomic E-state index is 0.0124. The van der Waals surface area contributed by atoms with Gasteiger partial charge < -0.3 is 9.88 Å². The first-order chi connectivity index (χ1) is 9.97. The molecule has 0 fully saturated rings. The number of imidazole rings is 1. The molecule has 1 unspecified atom stereocenters. The molecule has 4 heteroatoms. The summed E-state index contributed by atoms with van der Waals surface area (Å²) in [4.78, 5) is 16.3. The summed E-state index contributed by atoms with van der Waals surface area (Å²) in [5, 5.41) is 3.02. The molecule has 2 rings (SSSR count). The fraction of sp³-hybridized carbons (Fsp3) is 0.412. The summed E-state index contributed by atoms with van der Waals surface area (Å²) < 4.78 is 2.08. The Bertz CT molecular complexity index is 599. The van der Waals surface area contributed by atoms with Gasteiger partial charge in [-0.1, -0.05) is 26.0 Å². The molecule has 1 aromatic carbocycles. The molecule has 0 aliphatic rings. The van der Waals surface area contributed by atoms with Crippen LogP contribution in [-0.4, -0.2) is 21.5 Å². The number of aryl methyl sites for hydroxylation is 1. The Kier molecular flexibility index (Phi) is 4.78. The largest absolute Gasteiger partial charge is 0.349 e. The lowest BCUT2D eigenvalue weighted by Crippen LogP contribution is -2.36. The Morgan fingerprint density at radius 1 is 1.24 bits per heavy atom. The smallest absolute Gasteiger partial charge is 0.251 e. The van der Waals surface area contributed by atoms with E-state index in [1.54, 1.807) is 6.20 Å². The zero-order chi connectivity index (χ0) is 15.4. The Morgan fingerprint density at radius 3 is 2.43 bits per heavy atom. The van der Waals surface area contributed by atoms with Gasteiger partial charge in [-0.15, -0.1) is 0 Å². The van der Waals surface area contributed by atoms with Gasteiger partial charge in [-0.2, -0.15) is 0 Å². The van der Waals surface area contributed by atoms with Gasteiger partial charge in [0.15, 0.2) is 0 Å². The SMILES string of the molecule is Cc1nccn1Cc1ccc(C(=O)NC(C)C(C)C)cc1. The molecule has 1 aromatic heterocycles. The fourth-order valence-electron chi connectivity index (χ4n) is 1.99. The number of nitrogens with one attached hydrogen (secondary N) is 1. The molecule has 0 aliphatic heterocycles. The van der Waals surface area contributed by atoms with E-state index in [-0.39, 0.29) is 11.9 Å². The summed E-state index contributed by atoms with van der Waals surface area (Å²) in [5.74, 6) is 1.40. The number of hydrogen-bond acceptors (Lipinski definition) is 2. The first kappa shape index (κ1) is 15.3. The van der Waals surface area contributed by atoms with Crippen molar-refractivity contribution in [2.24, 2.45) is 5.92 Å². The van der Waals surface area contributed by atoms with E-state index in [0.717, 1.165) is 17.9 Å². The zero-order valence-corrected chi connectivity index (χ0v) is 13.1. The first-order valence-corrected chi connectivity index (χ1v) is 7.35. The van der Waals surface area contributed by atoms with Crippen LogP contribution in [0.4, 0.5) is 0 Å². The van der Waals surface area contributed by atoms with Crippen molar-refractivity contribution in [1.29, 1.82) is 0 Å². The highest BCUT2D eigenvalue weighted by Gasteiger charge is 2.12. The molecule has 1 atom stereocenters. The minimum Gasteiger partial charge on any atom is -0.349 e. The van der Waals surface area contributed by atoms with Crippen LogP contribution in [-0.2, 0) is 6.54 Å². The van der Waals surface area contributed by atoms with Crippen LogP contribution in [0.1, 0.15) is 42.5 Å². The van der Waals surface area contributed by atoms with Crippen LogP contribution in [0.5, 0.6) is 0 Å².